The van der Waals surface area contributed by atoms with Crippen LogP contribution in [-0.4, -0.2) is 67.4 Å². The highest BCUT2D eigenvalue weighted by molar-refractivity contribution is 7.93. The number of rotatable bonds is 6. The van der Waals surface area contributed by atoms with E-state index in [1.165, 1.54) is 17.0 Å². The number of thiazole rings is 1. The van der Waals surface area contributed by atoms with Gasteiger partial charge in [-0.15, -0.1) is 15.6 Å². The quantitative estimate of drug-likeness (QED) is 0.434. The number of carbonyl (C=O) groups excluding carboxylic acids is 2. The van der Waals surface area contributed by atoms with E-state index >= 15 is 4.39 Å². The molecule has 1 aliphatic rings. The summed E-state index contributed by atoms with van der Waals surface area (Å²) < 4.78 is 54.1. The normalized spacial score (nSPS) is 16.2. The SMILES string of the molecule is CCN(c1cc(F)c(S(=O)(=O)N(C(=O)OC(C)(C)C)c2cscn2)cc1C)C1CCN(C(=O)OC(C)(C)C)C1. The Kier molecular flexibility index (Phi) is 8.85. The van der Waals surface area contributed by atoms with Crippen LogP contribution >= 0.6 is 11.3 Å². The molecule has 1 aromatic carbocycles. The van der Waals surface area contributed by atoms with Crippen LogP contribution < -0.4 is 9.21 Å². The number of nitrogens with zero attached hydrogens (tertiary/aromatic N) is 4. The second kappa shape index (κ2) is 11.3. The summed E-state index contributed by atoms with van der Waals surface area (Å²) in [4.78, 5) is 32.4. The number of anilines is 2. The van der Waals surface area contributed by atoms with Gasteiger partial charge < -0.3 is 19.3 Å². The predicted molar refractivity (Wildman–Crippen MR) is 148 cm³/mol. The molecule has 1 aromatic heterocycles. The Bertz CT molecular complexity index is 1300. The van der Waals surface area contributed by atoms with E-state index in [2.05, 4.69) is 4.98 Å². The van der Waals surface area contributed by atoms with Gasteiger partial charge in [0.1, 0.15) is 21.9 Å². The maximum atomic E-state index is 15.6. The highest BCUT2D eigenvalue weighted by Gasteiger charge is 2.39. The Hall–Kier alpha value is -2.93. The topological polar surface area (TPSA) is 109 Å². The van der Waals surface area contributed by atoms with Gasteiger partial charge >= 0.3 is 12.2 Å². The van der Waals surface area contributed by atoms with Crippen LogP contribution in [-0.2, 0) is 19.5 Å². The monoisotopic (exact) mass is 584 g/mol. The molecule has 0 bridgehead atoms. The first kappa shape index (κ1) is 30.6. The second-order valence-electron chi connectivity index (χ2n) is 11.3. The molecule has 2 heterocycles. The third-order valence-electron chi connectivity index (χ3n) is 5.86. The molecule has 1 saturated heterocycles. The van der Waals surface area contributed by atoms with Gasteiger partial charge in [0.2, 0.25) is 0 Å². The molecule has 0 N–H and O–H groups in total. The molecule has 216 valence electrons. The fourth-order valence-electron chi connectivity index (χ4n) is 4.29. The van der Waals surface area contributed by atoms with E-state index in [9.17, 15) is 18.0 Å². The molecule has 2 aromatic rings. The van der Waals surface area contributed by atoms with E-state index in [1.807, 2.05) is 11.8 Å². The van der Waals surface area contributed by atoms with Crippen molar-refractivity contribution in [2.24, 2.45) is 0 Å². The molecule has 1 atom stereocenters. The summed E-state index contributed by atoms with van der Waals surface area (Å²) >= 11 is 1.09. The third-order valence-corrected chi connectivity index (χ3v) is 8.12. The fraction of sp³-hybridized carbons (Fsp3) is 0.577. The van der Waals surface area contributed by atoms with Crippen LogP contribution in [0, 0.1) is 12.7 Å². The Morgan fingerprint density at radius 2 is 1.79 bits per heavy atom. The standard InChI is InChI=1S/C26H37FN4O6S2/c1-9-30(18-10-11-29(14-18)23(32)36-25(3,4)5)20-13-19(27)21(12-17(20)2)39(34,35)31(22-15-38-16-28-22)24(33)37-26(6,7)8/h12-13,15-16,18H,9-11,14H2,1-8H3. The molecule has 3 rings (SSSR count). The first-order valence-electron chi connectivity index (χ1n) is 12.7. The van der Waals surface area contributed by atoms with E-state index in [4.69, 9.17) is 9.47 Å². The number of aromatic nitrogens is 1. The first-order valence-corrected chi connectivity index (χ1v) is 15.0. The van der Waals surface area contributed by atoms with E-state index in [0.717, 1.165) is 17.4 Å². The summed E-state index contributed by atoms with van der Waals surface area (Å²) in [6, 6.07) is 2.26. The van der Waals surface area contributed by atoms with Crippen LogP contribution in [0.5, 0.6) is 0 Å². The van der Waals surface area contributed by atoms with Gasteiger partial charge in [-0.05, 0) is 79.5 Å². The summed E-state index contributed by atoms with van der Waals surface area (Å²) in [6.45, 7) is 15.2. The summed E-state index contributed by atoms with van der Waals surface area (Å²) in [5.41, 5.74) is 0.757. The number of hydrogen-bond donors (Lipinski definition) is 0. The minimum Gasteiger partial charge on any atom is -0.444 e. The Labute approximate surface area is 233 Å². The number of amides is 2. The second-order valence-corrected chi connectivity index (χ2v) is 13.8. The van der Waals surface area contributed by atoms with Crippen LogP contribution in [0.2, 0.25) is 0 Å². The Balaban J connectivity index is 1.94. The summed E-state index contributed by atoms with van der Waals surface area (Å²) in [5.74, 6) is -1.20. The van der Waals surface area contributed by atoms with E-state index in [-0.39, 0.29) is 11.9 Å². The number of hydrogen-bond acceptors (Lipinski definition) is 9. The summed E-state index contributed by atoms with van der Waals surface area (Å²) in [7, 11) is -4.71. The van der Waals surface area contributed by atoms with Gasteiger partial charge in [-0.25, -0.2) is 27.4 Å². The van der Waals surface area contributed by atoms with Crippen molar-refractivity contribution in [3.63, 3.8) is 0 Å². The van der Waals surface area contributed by atoms with Crippen molar-refractivity contribution in [2.45, 2.75) is 84.0 Å². The van der Waals surface area contributed by atoms with Crippen LogP contribution in [0.4, 0.5) is 25.5 Å². The minimum absolute atomic E-state index is 0.114. The number of benzene rings is 1. The summed E-state index contributed by atoms with van der Waals surface area (Å²) in [5, 5.41) is 1.37. The highest BCUT2D eigenvalue weighted by atomic mass is 32.2. The van der Waals surface area contributed by atoms with Crippen molar-refractivity contribution in [3.8, 4) is 0 Å². The lowest BCUT2D eigenvalue weighted by molar-refractivity contribution is 0.0292. The van der Waals surface area contributed by atoms with Gasteiger partial charge in [-0.1, -0.05) is 0 Å². The average Bonchev–Trinajstić information content (AvgIpc) is 3.46. The number of ether oxygens (including phenoxy) is 2. The lowest BCUT2D eigenvalue weighted by Crippen LogP contribution is -2.42. The van der Waals surface area contributed by atoms with Gasteiger partial charge in [-0.3, -0.25) is 0 Å². The van der Waals surface area contributed by atoms with Gasteiger partial charge in [-0.2, -0.15) is 0 Å². The van der Waals surface area contributed by atoms with Gasteiger partial charge in [0, 0.05) is 36.7 Å². The molecule has 0 aliphatic carbocycles. The zero-order chi connectivity index (χ0) is 29.3. The number of aryl methyl sites for hydroxylation is 1. The molecule has 2 amide bonds. The molecule has 0 radical (unpaired) electrons. The molecular weight excluding hydrogens is 547 g/mol. The van der Waals surface area contributed by atoms with Gasteiger partial charge in [0.25, 0.3) is 10.0 Å². The van der Waals surface area contributed by atoms with Crippen molar-refractivity contribution >= 4 is 45.1 Å². The smallest absolute Gasteiger partial charge is 0.430 e. The van der Waals surface area contributed by atoms with Crippen LogP contribution in [0.1, 0.15) is 60.5 Å². The Morgan fingerprint density at radius 1 is 1.15 bits per heavy atom. The van der Waals surface area contributed by atoms with Crippen molar-refractivity contribution in [1.29, 1.82) is 0 Å². The number of sulfonamides is 1. The highest BCUT2D eigenvalue weighted by Crippen LogP contribution is 2.33. The summed E-state index contributed by atoms with van der Waals surface area (Å²) in [6.07, 6.45) is -0.947. The van der Waals surface area contributed by atoms with Crippen molar-refractivity contribution < 1.29 is 31.9 Å². The molecule has 13 heteroatoms. The molecule has 10 nitrogen and oxygen atoms in total. The molecule has 0 spiro atoms. The number of carbonyl (C=O) groups is 2. The molecule has 39 heavy (non-hydrogen) atoms. The van der Waals surface area contributed by atoms with Gasteiger partial charge in [0.05, 0.1) is 5.51 Å². The zero-order valence-electron chi connectivity index (χ0n) is 23.6. The van der Waals surface area contributed by atoms with E-state index in [1.54, 1.807) is 53.4 Å². The fourth-order valence-corrected chi connectivity index (χ4v) is 6.28. The van der Waals surface area contributed by atoms with Crippen molar-refractivity contribution in [3.05, 3.63) is 34.4 Å². The van der Waals surface area contributed by atoms with E-state index < -0.39 is 44.1 Å². The number of halogens is 1. The third kappa shape index (κ3) is 7.18. The van der Waals surface area contributed by atoms with Crippen molar-refractivity contribution in [1.82, 2.24) is 9.88 Å². The molecule has 1 unspecified atom stereocenters. The van der Waals surface area contributed by atoms with Crippen LogP contribution in [0.3, 0.4) is 0 Å². The predicted octanol–water partition coefficient (Wildman–Crippen LogP) is 5.56. The van der Waals surface area contributed by atoms with Crippen molar-refractivity contribution in [2.75, 3.05) is 28.8 Å². The van der Waals surface area contributed by atoms with Gasteiger partial charge in [0.15, 0.2) is 5.82 Å². The maximum Gasteiger partial charge on any atom is 0.430 e. The molecule has 0 saturated carbocycles. The first-order chi connectivity index (χ1) is 17.9. The molecule has 1 fully saturated rings. The average molecular weight is 585 g/mol. The minimum atomic E-state index is -4.71. The lowest BCUT2D eigenvalue weighted by Gasteiger charge is -2.32. The number of likely N-dealkylation sites (N-methyl/N-ethyl adjacent to an activating group) is 1. The zero-order valence-corrected chi connectivity index (χ0v) is 25.3. The number of likely N-dealkylation sites (tertiary alicyclic amines) is 1. The maximum absolute atomic E-state index is 15.6. The van der Waals surface area contributed by atoms with Crippen LogP contribution in [0.15, 0.2) is 27.9 Å². The molecular formula is C26H37FN4O6S2. The Morgan fingerprint density at radius 3 is 2.33 bits per heavy atom. The molecule has 1 aliphatic heterocycles. The van der Waals surface area contributed by atoms with Crippen LogP contribution in [0.25, 0.3) is 0 Å². The lowest BCUT2D eigenvalue weighted by atomic mass is 10.1. The largest absolute Gasteiger partial charge is 0.444 e. The van der Waals surface area contributed by atoms with E-state index in [0.29, 0.717) is 41.6 Å².